The van der Waals surface area contributed by atoms with E-state index in [0.717, 1.165) is 5.56 Å². The van der Waals surface area contributed by atoms with E-state index in [9.17, 15) is 18.8 Å². The lowest BCUT2D eigenvalue weighted by Crippen LogP contribution is -2.44. The van der Waals surface area contributed by atoms with Gasteiger partial charge in [-0.1, -0.05) is 42.1 Å². The quantitative estimate of drug-likeness (QED) is 0.502. The molecule has 2 amide bonds. The normalized spacial score (nSPS) is 16.7. The average Bonchev–Trinajstić information content (AvgIpc) is 2.87. The number of hydrogen-bond acceptors (Lipinski definition) is 6. The van der Waals surface area contributed by atoms with Gasteiger partial charge in [-0.3, -0.25) is 14.5 Å². The lowest BCUT2D eigenvalue weighted by molar-refractivity contribution is -0.129. The maximum atomic E-state index is 13.4. The summed E-state index contributed by atoms with van der Waals surface area (Å²) in [6.07, 6.45) is -0.00792. The number of thioether (sulfide) groups is 1. The van der Waals surface area contributed by atoms with Crippen molar-refractivity contribution >= 4 is 46.1 Å². The van der Waals surface area contributed by atoms with E-state index in [1.54, 1.807) is 24.3 Å². The summed E-state index contributed by atoms with van der Waals surface area (Å²) in [5.41, 5.74) is 2.23. The molecule has 4 rings (SSSR count). The van der Waals surface area contributed by atoms with Crippen molar-refractivity contribution in [3.8, 4) is 0 Å². The van der Waals surface area contributed by atoms with Crippen molar-refractivity contribution in [2.75, 3.05) is 12.4 Å². The number of amides is 2. The predicted octanol–water partition coefficient (Wildman–Crippen LogP) is 4.77. The fraction of sp³-hybridized carbons (Fsp3) is 0.154. The Labute approximate surface area is 206 Å². The number of aliphatic imine (C=N–C) groups is 1. The number of carbonyl (C=O) groups is 3. The van der Waals surface area contributed by atoms with Crippen LogP contribution >= 0.6 is 11.8 Å². The third kappa shape index (κ3) is 6.13. The van der Waals surface area contributed by atoms with E-state index in [-0.39, 0.29) is 18.2 Å². The first kappa shape index (κ1) is 24.2. The molecule has 3 aromatic rings. The van der Waals surface area contributed by atoms with Crippen LogP contribution < -0.4 is 5.32 Å². The lowest BCUT2D eigenvalue weighted by atomic mass is 10.2. The number of halogens is 1. The van der Waals surface area contributed by atoms with Crippen molar-refractivity contribution < 1.29 is 23.5 Å². The Kier molecular flexibility index (Phi) is 7.57. The molecule has 0 aromatic heterocycles. The number of benzene rings is 3. The minimum absolute atomic E-state index is 0.00792. The standard InChI is InChI=1S/C26H22FN3O4S/c1-34-25(33)18-7-11-20(12-8-18)28-24(32)22-15-23(31)30(16-17-5-3-2-4-6-17)26(35-22)29-21-13-9-19(27)10-14-21/h2-14,22H,15-16H2,1H3,(H,28,32). The van der Waals surface area contributed by atoms with Crippen LogP contribution in [0.15, 0.2) is 83.9 Å². The van der Waals surface area contributed by atoms with Gasteiger partial charge in [0.2, 0.25) is 11.8 Å². The summed E-state index contributed by atoms with van der Waals surface area (Å²) in [6, 6.07) is 21.4. The van der Waals surface area contributed by atoms with Gasteiger partial charge < -0.3 is 10.1 Å². The third-order valence-corrected chi connectivity index (χ3v) is 6.43. The highest BCUT2D eigenvalue weighted by atomic mass is 32.2. The second-order valence-electron chi connectivity index (χ2n) is 7.71. The number of nitrogens with zero attached hydrogens (tertiary/aromatic N) is 2. The Balaban J connectivity index is 1.55. The molecule has 0 saturated carbocycles. The average molecular weight is 492 g/mol. The number of hydrogen-bond donors (Lipinski definition) is 1. The van der Waals surface area contributed by atoms with Crippen LogP contribution in [0.5, 0.6) is 0 Å². The van der Waals surface area contributed by atoms with E-state index >= 15 is 0 Å². The maximum Gasteiger partial charge on any atom is 0.337 e. The number of esters is 1. The van der Waals surface area contributed by atoms with Crippen LogP contribution in [0.25, 0.3) is 0 Å². The number of methoxy groups -OCH3 is 1. The van der Waals surface area contributed by atoms with Crippen LogP contribution in [0, 0.1) is 5.82 Å². The molecule has 7 nitrogen and oxygen atoms in total. The van der Waals surface area contributed by atoms with Crippen LogP contribution in [-0.2, 0) is 20.9 Å². The van der Waals surface area contributed by atoms with Crippen molar-refractivity contribution in [1.82, 2.24) is 4.90 Å². The van der Waals surface area contributed by atoms with Gasteiger partial charge in [-0.05, 0) is 54.1 Å². The zero-order valence-corrected chi connectivity index (χ0v) is 19.6. The Morgan fingerprint density at radius 1 is 1.06 bits per heavy atom. The van der Waals surface area contributed by atoms with E-state index in [1.807, 2.05) is 30.3 Å². The zero-order valence-electron chi connectivity index (χ0n) is 18.8. The molecule has 178 valence electrons. The number of amidine groups is 1. The van der Waals surface area contributed by atoms with Crippen molar-refractivity contribution in [2.24, 2.45) is 4.99 Å². The Morgan fingerprint density at radius 2 is 1.74 bits per heavy atom. The van der Waals surface area contributed by atoms with Gasteiger partial charge in [-0.2, -0.15) is 0 Å². The van der Waals surface area contributed by atoms with Crippen LogP contribution in [0.2, 0.25) is 0 Å². The fourth-order valence-corrected chi connectivity index (χ4v) is 4.52. The number of anilines is 1. The zero-order chi connectivity index (χ0) is 24.8. The van der Waals surface area contributed by atoms with Crippen LogP contribution in [-0.4, -0.2) is 40.2 Å². The third-order valence-electron chi connectivity index (χ3n) is 5.24. The Hall–Kier alpha value is -3.98. The highest BCUT2D eigenvalue weighted by Gasteiger charge is 2.36. The molecule has 1 unspecified atom stereocenters. The van der Waals surface area contributed by atoms with Gasteiger partial charge in [0, 0.05) is 12.1 Å². The molecule has 1 aliphatic heterocycles. The molecule has 0 spiro atoms. The van der Waals surface area contributed by atoms with Gasteiger partial charge in [0.1, 0.15) is 11.1 Å². The second-order valence-corrected chi connectivity index (χ2v) is 8.87. The molecule has 1 fully saturated rings. The topological polar surface area (TPSA) is 88.1 Å². The Morgan fingerprint density at radius 3 is 2.40 bits per heavy atom. The van der Waals surface area contributed by atoms with E-state index in [1.165, 1.54) is 48.0 Å². The SMILES string of the molecule is COC(=O)c1ccc(NC(=O)C2CC(=O)N(Cc3ccccc3)C(=Nc3ccc(F)cc3)S2)cc1. The molecule has 9 heteroatoms. The van der Waals surface area contributed by atoms with Crippen molar-refractivity contribution in [3.05, 3.63) is 95.8 Å². The van der Waals surface area contributed by atoms with Crippen molar-refractivity contribution in [2.45, 2.75) is 18.2 Å². The van der Waals surface area contributed by atoms with E-state index < -0.39 is 17.0 Å². The lowest BCUT2D eigenvalue weighted by Gasteiger charge is -2.32. The number of ether oxygens (including phenoxy) is 1. The molecular formula is C26H22FN3O4S. The smallest absolute Gasteiger partial charge is 0.337 e. The molecule has 35 heavy (non-hydrogen) atoms. The van der Waals surface area contributed by atoms with Gasteiger partial charge >= 0.3 is 5.97 Å². The minimum atomic E-state index is -0.714. The van der Waals surface area contributed by atoms with Gasteiger partial charge in [0.15, 0.2) is 5.17 Å². The molecular weight excluding hydrogens is 469 g/mol. The van der Waals surface area contributed by atoms with Crippen molar-refractivity contribution in [3.63, 3.8) is 0 Å². The van der Waals surface area contributed by atoms with Gasteiger partial charge in [0.25, 0.3) is 0 Å². The summed E-state index contributed by atoms with van der Waals surface area (Å²) in [5.74, 6) is -1.47. The van der Waals surface area contributed by atoms with Crippen molar-refractivity contribution in [1.29, 1.82) is 0 Å². The van der Waals surface area contributed by atoms with Gasteiger partial charge in [0.05, 0.1) is 24.9 Å². The number of rotatable bonds is 6. The van der Waals surface area contributed by atoms with Gasteiger partial charge in [-0.25, -0.2) is 14.2 Å². The monoisotopic (exact) mass is 491 g/mol. The second kappa shape index (κ2) is 11.0. The van der Waals surface area contributed by atoms with Gasteiger partial charge in [-0.15, -0.1) is 0 Å². The molecule has 0 radical (unpaired) electrons. The first-order chi connectivity index (χ1) is 16.9. The highest BCUT2D eigenvalue weighted by Crippen LogP contribution is 2.31. The van der Waals surface area contributed by atoms with E-state index in [0.29, 0.717) is 28.7 Å². The molecule has 0 aliphatic carbocycles. The Bertz CT molecular complexity index is 1250. The minimum Gasteiger partial charge on any atom is -0.465 e. The van der Waals surface area contributed by atoms with E-state index in [2.05, 4.69) is 15.0 Å². The molecule has 1 atom stereocenters. The van der Waals surface area contributed by atoms with Crippen LogP contribution in [0.3, 0.4) is 0 Å². The van der Waals surface area contributed by atoms with Crippen LogP contribution in [0.1, 0.15) is 22.3 Å². The summed E-state index contributed by atoms with van der Waals surface area (Å²) in [6.45, 7) is 0.302. The molecule has 1 saturated heterocycles. The van der Waals surface area contributed by atoms with E-state index in [4.69, 9.17) is 0 Å². The summed E-state index contributed by atoms with van der Waals surface area (Å²) in [7, 11) is 1.29. The first-order valence-corrected chi connectivity index (χ1v) is 11.7. The molecule has 3 aromatic carbocycles. The maximum absolute atomic E-state index is 13.4. The highest BCUT2D eigenvalue weighted by molar-refractivity contribution is 8.15. The molecule has 1 heterocycles. The largest absolute Gasteiger partial charge is 0.465 e. The summed E-state index contributed by atoms with van der Waals surface area (Å²) in [5, 5.41) is 2.43. The molecule has 1 aliphatic rings. The van der Waals surface area contributed by atoms with Crippen LogP contribution in [0.4, 0.5) is 15.8 Å². The predicted molar refractivity (Wildman–Crippen MR) is 133 cm³/mol. The summed E-state index contributed by atoms with van der Waals surface area (Å²) in [4.78, 5) is 43.8. The first-order valence-electron chi connectivity index (χ1n) is 10.8. The summed E-state index contributed by atoms with van der Waals surface area (Å²) >= 11 is 1.18. The fourth-order valence-electron chi connectivity index (χ4n) is 3.42. The number of carbonyl (C=O) groups excluding carboxylic acids is 3. The molecule has 0 bridgehead atoms. The number of nitrogens with one attached hydrogen (secondary N) is 1. The summed E-state index contributed by atoms with van der Waals surface area (Å²) < 4.78 is 18.0. The molecule has 1 N–H and O–H groups in total.